The highest BCUT2D eigenvalue weighted by molar-refractivity contribution is 5.30. The molecule has 1 unspecified atom stereocenters. The molecular formula is C16H24N2. The zero-order valence-electron chi connectivity index (χ0n) is 11.1. The van der Waals surface area contributed by atoms with Crippen molar-refractivity contribution in [2.75, 3.05) is 13.1 Å². The van der Waals surface area contributed by atoms with Crippen LogP contribution in [0, 0.1) is 5.92 Å². The highest BCUT2D eigenvalue weighted by Crippen LogP contribution is 2.29. The first kappa shape index (κ1) is 12.2. The van der Waals surface area contributed by atoms with Gasteiger partial charge in [0.25, 0.3) is 0 Å². The average molecular weight is 244 g/mol. The first-order valence-electron chi connectivity index (χ1n) is 7.37. The van der Waals surface area contributed by atoms with E-state index in [2.05, 4.69) is 29.2 Å². The molecule has 2 heteroatoms. The third kappa shape index (κ3) is 2.45. The molecule has 98 valence electrons. The van der Waals surface area contributed by atoms with Crippen LogP contribution in [0.4, 0.5) is 0 Å². The van der Waals surface area contributed by atoms with E-state index in [1.807, 2.05) is 0 Å². The van der Waals surface area contributed by atoms with Crippen LogP contribution in [0.1, 0.15) is 36.8 Å². The van der Waals surface area contributed by atoms with E-state index in [1.165, 1.54) is 43.4 Å². The fourth-order valence-corrected chi connectivity index (χ4v) is 3.61. The van der Waals surface area contributed by atoms with Crippen molar-refractivity contribution in [2.24, 2.45) is 11.7 Å². The lowest BCUT2D eigenvalue weighted by Crippen LogP contribution is -2.46. The lowest BCUT2D eigenvalue weighted by molar-refractivity contribution is 0.149. The van der Waals surface area contributed by atoms with E-state index in [1.54, 1.807) is 0 Å². The Kier molecular flexibility index (Phi) is 3.67. The van der Waals surface area contributed by atoms with Crippen molar-refractivity contribution in [3.63, 3.8) is 0 Å². The highest BCUT2D eigenvalue weighted by Gasteiger charge is 2.27. The Morgan fingerprint density at radius 2 is 1.83 bits per heavy atom. The Balaban J connectivity index is 1.73. The van der Waals surface area contributed by atoms with Crippen molar-refractivity contribution in [3.8, 4) is 0 Å². The zero-order valence-corrected chi connectivity index (χ0v) is 11.1. The number of benzene rings is 1. The van der Waals surface area contributed by atoms with E-state index in [9.17, 15) is 0 Å². The topological polar surface area (TPSA) is 29.3 Å². The van der Waals surface area contributed by atoms with Crippen molar-refractivity contribution < 1.29 is 0 Å². The minimum Gasteiger partial charge on any atom is -0.329 e. The molecule has 1 heterocycles. The zero-order chi connectivity index (χ0) is 12.4. The summed E-state index contributed by atoms with van der Waals surface area (Å²) in [5, 5.41) is 0. The summed E-state index contributed by atoms with van der Waals surface area (Å²) in [6.07, 6.45) is 6.86. The Morgan fingerprint density at radius 3 is 2.56 bits per heavy atom. The van der Waals surface area contributed by atoms with Crippen LogP contribution >= 0.6 is 0 Å². The normalized spacial score (nSPS) is 25.3. The van der Waals surface area contributed by atoms with Gasteiger partial charge in [-0.25, -0.2) is 0 Å². The van der Waals surface area contributed by atoms with E-state index < -0.39 is 0 Å². The summed E-state index contributed by atoms with van der Waals surface area (Å²) in [6.45, 7) is 3.16. The van der Waals surface area contributed by atoms with Gasteiger partial charge in [-0.05, 0) is 36.3 Å². The summed E-state index contributed by atoms with van der Waals surface area (Å²) in [5.41, 5.74) is 9.01. The Hall–Kier alpha value is -0.860. The van der Waals surface area contributed by atoms with E-state index in [0.29, 0.717) is 6.04 Å². The van der Waals surface area contributed by atoms with Crippen LogP contribution in [0.5, 0.6) is 0 Å². The van der Waals surface area contributed by atoms with Crippen LogP contribution in [0.25, 0.3) is 0 Å². The van der Waals surface area contributed by atoms with E-state index in [-0.39, 0.29) is 0 Å². The lowest BCUT2D eigenvalue weighted by atomic mass is 9.92. The number of hydrogen-bond donors (Lipinski definition) is 1. The molecule has 0 aromatic heterocycles. The van der Waals surface area contributed by atoms with E-state index >= 15 is 0 Å². The first-order chi connectivity index (χ1) is 8.86. The summed E-state index contributed by atoms with van der Waals surface area (Å²) in [6, 6.07) is 9.42. The third-order valence-electron chi connectivity index (χ3n) is 4.70. The van der Waals surface area contributed by atoms with Crippen LogP contribution in [-0.4, -0.2) is 24.0 Å². The SMILES string of the molecule is NCC1Cc2ccccc2CN1CC1CCCC1. The van der Waals surface area contributed by atoms with Crippen molar-refractivity contribution in [1.29, 1.82) is 0 Å². The smallest absolute Gasteiger partial charge is 0.0262 e. The maximum Gasteiger partial charge on any atom is 0.0262 e. The second-order valence-corrected chi connectivity index (χ2v) is 5.94. The van der Waals surface area contributed by atoms with E-state index in [4.69, 9.17) is 5.73 Å². The quantitative estimate of drug-likeness (QED) is 0.885. The second kappa shape index (κ2) is 5.41. The van der Waals surface area contributed by atoms with Gasteiger partial charge < -0.3 is 5.73 Å². The maximum absolute atomic E-state index is 5.98. The summed E-state index contributed by atoms with van der Waals surface area (Å²) in [4.78, 5) is 2.64. The fourth-order valence-electron chi connectivity index (χ4n) is 3.61. The van der Waals surface area contributed by atoms with Gasteiger partial charge in [-0.2, -0.15) is 0 Å². The van der Waals surface area contributed by atoms with Crippen molar-refractivity contribution in [3.05, 3.63) is 35.4 Å². The fraction of sp³-hybridized carbons (Fsp3) is 0.625. The highest BCUT2D eigenvalue weighted by atomic mass is 15.2. The number of fused-ring (bicyclic) bond motifs is 1. The molecule has 1 aromatic carbocycles. The molecule has 1 aromatic rings. The average Bonchev–Trinajstić information content (AvgIpc) is 2.91. The molecular weight excluding hydrogens is 220 g/mol. The Morgan fingerprint density at radius 1 is 1.11 bits per heavy atom. The molecule has 2 N–H and O–H groups in total. The molecule has 1 atom stereocenters. The summed E-state index contributed by atoms with van der Waals surface area (Å²) in [7, 11) is 0. The van der Waals surface area contributed by atoms with Gasteiger partial charge in [-0.1, -0.05) is 37.1 Å². The monoisotopic (exact) mass is 244 g/mol. The van der Waals surface area contributed by atoms with Crippen LogP contribution in [0.2, 0.25) is 0 Å². The largest absolute Gasteiger partial charge is 0.329 e. The third-order valence-corrected chi connectivity index (χ3v) is 4.70. The summed E-state index contributed by atoms with van der Waals surface area (Å²) in [5.74, 6) is 0.921. The number of rotatable bonds is 3. The van der Waals surface area contributed by atoms with Gasteiger partial charge in [0.05, 0.1) is 0 Å². The minimum atomic E-state index is 0.556. The molecule has 18 heavy (non-hydrogen) atoms. The molecule has 0 radical (unpaired) electrons. The number of nitrogens with two attached hydrogens (primary N) is 1. The standard InChI is InChI=1S/C16H24N2/c17-10-16-9-14-7-3-4-8-15(14)12-18(16)11-13-5-1-2-6-13/h3-4,7-8,13,16H,1-2,5-6,9-12,17H2. The molecule has 0 spiro atoms. The molecule has 1 fully saturated rings. The van der Waals surface area contributed by atoms with E-state index in [0.717, 1.165) is 25.4 Å². The first-order valence-corrected chi connectivity index (χ1v) is 7.37. The van der Waals surface area contributed by atoms with Crippen molar-refractivity contribution in [1.82, 2.24) is 4.90 Å². The van der Waals surface area contributed by atoms with Crippen LogP contribution in [0.3, 0.4) is 0 Å². The van der Waals surface area contributed by atoms with Gasteiger partial charge in [0.1, 0.15) is 0 Å². The summed E-state index contributed by atoms with van der Waals surface area (Å²) < 4.78 is 0. The number of hydrogen-bond acceptors (Lipinski definition) is 2. The molecule has 0 amide bonds. The van der Waals surface area contributed by atoms with Gasteiger partial charge in [0.2, 0.25) is 0 Å². The van der Waals surface area contributed by atoms with Crippen molar-refractivity contribution in [2.45, 2.75) is 44.7 Å². The molecule has 2 nitrogen and oxygen atoms in total. The van der Waals surface area contributed by atoms with Crippen LogP contribution < -0.4 is 5.73 Å². The predicted molar refractivity (Wildman–Crippen MR) is 75.4 cm³/mol. The molecule has 0 saturated heterocycles. The van der Waals surface area contributed by atoms with Gasteiger partial charge in [-0.15, -0.1) is 0 Å². The molecule has 3 rings (SSSR count). The van der Waals surface area contributed by atoms with Crippen LogP contribution in [0.15, 0.2) is 24.3 Å². The predicted octanol–water partition coefficient (Wildman–Crippen LogP) is 2.56. The lowest BCUT2D eigenvalue weighted by Gasteiger charge is -2.37. The molecule has 1 aliphatic carbocycles. The minimum absolute atomic E-state index is 0.556. The Bertz CT molecular complexity index is 396. The molecule has 1 aliphatic heterocycles. The Labute approximate surface area is 110 Å². The molecule has 2 aliphatic rings. The van der Waals surface area contributed by atoms with Gasteiger partial charge in [0.15, 0.2) is 0 Å². The molecule has 0 bridgehead atoms. The molecule has 1 saturated carbocycles. The van der Waals surface area contributed by atoms with Crippen molar-refractivity contribution >= 4 is 0 Å². The summed E-state index contributed by atoms with van der Waals surface area (Å²) >= 11 is 0. The number of nitrogens with zero attached hydrogens (tertiary/aromatic N) is 1. The second-order valence-electron chi connectivity index (χ2n) is 5.94. The maximum atomic E-state index is 5.98. The van der Waals surface area contributed by atoms with Crippen LogP contribution in [-0.2, 0) is 13.0 Å². The van der Waals surface area contributed by atoms with Gasteiger partial charge in [0, 0.05) is 25.7 Å². The van der Waals surface area contributed by atoms with Gasteiger partial charge in [-0.3, -0.25) is 4.90 Å². The van der Waals surface area contributed by atoms with Gasteiger partial charge >= 0.3 is 0 Å².